The summed E-state index contributed by atoms with van der Waals surface area (Å²) < 4.78 is 27.0. The highest BCUT2D eigenvalue weighted by atomic mass is 32.2. The summed E-state index contributed by atoms with van der Waals surface area (Å²) in [6.07, 6.45) is 1.24. The highest BCUT2D eigenvalue weighted by Crippen LogP contribution is 2.24. The summed E-state index contributed by atoms with van der Waals surface area (Å²) in [6.45, 7) is 3.52. The smallest absolute Gasteiger partial charge is 0.273 e. The van der Waals surface area contributed by atoms with Crippen molar-refractivity contribution >= 4 is 15.7 Å². The second kappa shape index (κ2) is 7.48. The maximum Gasteiger partial charge on any atom is 0.273 e. The van der Waals surface area contributed by atoms with Gasteiger partial charge in [-0.1, -0.05) is 19.4 Å². The molecule has 0 saturated carbocycles. The second-order valence-corrected chi connectivity index (χ2v) is 6.53. The van der Waals surface area contributed by atoms with E-state index in [0.29, 0.717) is 6.42 Å². The van der Waals surface area contributed by atoms with Crippen LogP contribution in [0.4, 0.5) is 5.69 Å². The van der Waals surface area contributed by atoms with Crippen molar-refractivity contribution in [2.24, 2.45) is 5.92 Å². The number of nitrogens with one attached hydrogen (secondary N) is 1. The predicted molar refractivity (Wildman–Crippen MR) is 78.5 cm³/mol. The summed E-state index contributed by atoms with van der Waals surface area (Å²) in [5.41, 5.74) is -0.106. The number of hydrogen-bond acceptors (Lipinski definition) is 5. The minimum Gasteiger partial charge on any atom is -0.396 e. The molecule has 8 heteroatoms. The van der Waals surface area contributed by atoms with Crippen LogP contribution < -0.4 is 4.72 Å². The third-order valence-electron chi connectivity index (χ3n) is 3.42. The zero-order valence-electron chi connectivity index (χ0n) is 12.1. The van der Waals surface area contributed by atoms with E-state index in [1.807, 2.05) is 6.92 Å². The zero-order valence-corrected chi connectivity index (χ0v) is 12.9. The van der Waals surface area contributed by atoms with Crippen LogP contribution in [0.15, 0.2) is 23.1 Å². The summed E-state index contributed by atoms with van der Waals surface area (Å²) in [6, 6.07) is 3.97. The molecular formula is C13H20N2O5S. The van der Waals surface area contributed by atoms with Gasteiger partial charge in [-0.05, 0) is 25.3 Å². The number of sulfonamides is 1. The normalized spacial score (nSPS) is 13.1. The van der Waals surface area contributed by atoms with Crippen molar-refractivity contribution in [2.75, 3.05) is 13.2 Å². The topological polar surface area (TPSA) is 110 Å². The number of hydrogen-bond donors (Lipinski definition) is 2. The minimum atomic E-state index is -3.81. The Morgan fingerprint density at radius 3 is 2.62 bits per heavy atom. The van der Waals surface area contributed by atoms with Crippen LogP contribution in [0.2, 0.25) is 0 Å². The van der Waals surface area contributed by atoms with Crippen LogP contribution in [-0.2, 0) is 10.0 Å². The van der Waals surface area contributed by atoms with Gasteiger partial charge in [0.25, 0.3) is 5.69 Å². The molecular weight excluding hydrogens is 296 g/mol. The molecule has 7 nitrogen and oxygen atoms in total. The summed E-state index contributed by atoms with van der Waals surface area (Å²) in [5, 5.41) is 19.8. The van der Waals surface area contributed by atoms with Crippen molar-refractivity contribution in [3.8, 4) is 0 Å². The van der Waals surface area contributed by atoms with Crippen LogP contribution in [0.3, 0.4) is 0 Å². The third-order valence-corrected chi connectivity index (χ3v) is 4.99. The molecule has 1 atom stereocenters. The maximum absolute atomic E-state index is 12.3. The molecule has 0 fully saturated rings. The van der Waals surface area contributed by atoms with E-state index in [-0.39, 0.29) is 35.2 Å². The molecule has 0 unspecified atom stereocenters. The number of benzene rings is 1. The van der Waals surface area contributed by atoms with E-state index in [4.69, 9.17) is 5.11 Å². The predicted octanol–water partition coefficient (Wildman–Crippen LogP) is 1.59. The molecule has 0 amide bonds. The van der Waals surface area contributed by atoms with E-state index in [1.54, 1.807) is 0 Å². The number of rotatable bonds is 8. The van der Waals surface area contributed by atoms with Gasteiger partial charge in [-0.2, -0.15) is 0 Å². The lowest BCUT2D eigenvalue weighted by molar-refractivity contribution is -0.385. The van der Waals surface area contributed by atoms with Crippen molar-refractivity contribution in [3.05, 3.63) is 33.9 Å². The van der Waals surface area contributed by atoms with Gasteiger partial charge in [-0.25, -0.2) is 13.1 Å². The summed E-state index contributed by atoms with van der Waals surface area (Å²) in [7, 11) is -3.81. The first kappa shape index (κ1) is 17.5. The van der Waals surface area contributed by atoms with Crippen LogP contribution in [0.5, 0.6) is 0 Å². The fraction of sp³-hybridized carbons (Fsp3) is 0.538. The second-order valence-electron chi connectivity index (χ2n) is 4.80. The van der Waals surface area contributed by atoms with Gasteiger partial charge in [0.2, 0.25) is 10.0 Å². The molecule has 0 spiro atoms. The van der Waals surface area contributed by atoms with Gasteiger partial charge in [0.15, 0.2) is 0 Å². The van der Waals surface area contributed by atoms with Gasteiger partial charge < -0.3 is 5.11 Å². The van der Waals surface area contributed by atoms with Gasteiger partial charge in [-0.15, -0.1) is 0 Å². The van der Waals surface area contributed by atoms with Gasteiger partial charge in [0.1, 0.15) is 0 Å². The largest absolute Gasteiger partial charge is 0.396 e. The standard InChI is InChI=1S/C13H20N2O5S/c1-3-11(7-8-16)9-14-21(19,20)13-6-4-5-12(10(13)2)15(17)18/h4-6,11,14,16H,3,7-9H2,1-2H3/t11-/m0/s1. The molecule has 2 N–H and O–H groups in total. The molecule has 0 aliphatic heterocycles. The molecule has 118 valence electrons. The number of aliphatic hydroxyl groups excluding tert-OH is 1. The molecule has 0 bridgehead atoms. The highest BCUT2D eigenvalue weighted by molar-refractivity contribution is 7.89. The molecule has 0 aliphatic carbocycles. The first-order valence-corrected chi connectivity index (χ1v) is 8.16. The van der Waals surface area contributed by atoms with E-state index in [1.165, 1.54) is 25.1 Å². The monoisotopic (exact) mass is 316 g/mol. The average molecular weight is 316 g/mol. The number of aliphatic hydroxyl groups is 1. The molecule has 0 saturated heterocycles. The Labute approximate surface area is 124 Å². The first-order chi connectivity index (χ1) is 9.83. The Balaban J connectivity index is 2.98. The lowest BCUT2D eigenvalue weighted by atomic mass is 10.0. The Morgan fingerprint density at radius 1 is 1.43 bits per heavy atom. The Kier molecular flexibility index (Phi) is 6.25. The van der Waals surface area contributed by atoms with Crippen LogP contribution >= 0.6 is 0 Å². The lowest BCUT2D eigenvalue weighted by Crippen LogP contribution is -2.30. The van der Waals surface area contributed by atoms with Crippen LogP contribution in [0.1, 0.15) is 25.3 Å². The fourth-order valence-electron chi connectivity index (χ4n) is 2.03. The molecule has 0 heterocycles. The number of nitro benzene ring substituents is 1. The quantitative estimate of drug-likeness (QED) is 0.559. The van der Waals surface area contributed by atoms with E-state index in [9.17, 15) is 18.5 Å². The van der Waals surface area contributed by atoms with E-state index in [0.717, 1.165) is 6.42 Å². The van der Waals surface area contributed by atoms with E-state index >= 15 is 0 Å². The van der Waals surface area contributed by atoms with Gasteiger partial charge in [0, 0.05) is 24.8 Å². The summed E-state index contributed by atoms with van der Waals surface area (Å²) >= 11 is 0. The highest BCUT2D eigenvalue weighted by Gasteiger charge is 2.23. The summed E-state index contributed by atoms with van der Waals surface area (Å²) in [4.78, 5) is 10.2. The Bertz CT molecular complexity index is 601. The number of nitro groups is 1. The molecule has 0 aliphatic rings. The van der Waals surface area contributed by atoms with Crippen molar-refractivity contribution in [1.29, 1.82) is 0 Å². The van der Waals surface area contributed by atoms with Crippen molar-refractivity contribution in [2.45, 2.75) is 31.6 Å². The Morgan fingerprint density at radius 2 is 2.10 bits per heavy atom. The summed E-state index contributed by atoms with van der Waals surface area (Å²) in [5.74, 6) is 0.0313. The van der Waals surface area contributed by atoms with Gasteiger partial charge >= 0.3 is 0 Å². The average Bonchev–Trinajstić information content (AvgIpc) is 2.43. The maximum atomic E-state index is 12.3. The fourth-order valence-corrected chi connectivity index (χ4v) is 3.41. The van der Waals surface area contributed by atoms with Gasteiger partial charge in [0.05, 0.1) is 9.82 Å². The first-order valence-electron chi connectivity index (χ1n) is 6.68. The molecule has 1 rings (SSSR count). The van der Waals surface area contributed by atoms with Crippen LogP contribution in [0, 0.1) is 23.0 Å². The molecule has 1 aromatic carbocycles. The SMILES string of the molecule is CC[C@@H](CCO)CNS(=O)(=O)c1cccc([N+](=O)[O-])c1C. The van der Waals surface area contributed by atoms with Crippen LogP contribution in [0.25, 0.3) is 0 Å². The van der Waals surface area contributed by atoms with Crippen molar-refractivity contribution in [1.82, 2.24) is 4.72 Å². The zero-order chi connectivity index (χ0) is 16.0. The number of nitrogens with zero attached hydrogens (tertiary/aromatic N) is 1. The van der Waals surface area contributed by atoms with Crippen molar-refractivity contribution in [3.63, 3.8) is 0 Å². The molecule has 0 radical (unpaired) electrons. The Hall–Kier alpha value is -1.51. The van der Waals surface area contributed by atoms with Crippen molar-refractivity contribution < 1.29 is 18.4 Å². The lowest BCUT2D eigenvalue weighted by Gasteiger charge is -2.15. The van der Waals surface area contributed by atoms with Crippen LogP contribution in [-0.4, -0.2) is 31.6 Å². The van der Waals surface area contributed by atoms with Gasteiger partial charge in [-0.3, -0.25) is 10.1 Å². The van der Waals surface area contributed by atoms with E-state index in [2.05, 4.69) is 4.72 Å². The molecule has 0 aromatic heterocycles. The molecule has 21 heavy (non-hydrogen) atoms. The third kappa shape index (κ3) is 4.48. The minimum absolute atomic E-state index is 0.00390. The molecule has 1 aromatic rings. The van der Waals surface area contributed by atoms with E-state index < -0.39 is 14.9 Å².